The second-order valence-corrected chi connectivity index (χ2v) is 6.15. The van der Waals surface area contributed by atoms with E-state index in [4.69, 9.17) is 0 Å². The Morgan fingerprint density at radius 2 is 1.82 bits per heavy atom. The second-order valence-electron chi connectivity index (χ2n) is 6.15. The van der Waals surface area contributed by atoms with Crippen LogP contribution in [0, 0.1) is 10.1 Å². The molecule has 1 saturated heterocycles. The summed E-state index contributed by atoms with van der Waals surface area (Å²) in [6, 6.07) is 9.06. The van der Waals surface area contributed by atoms with Crippen LogP contribution in [0.25, 0.3) is 0 Å². The number of hydrogen-bond acceptors (Lipinski definition) is 5. The van der Waals surface area contributed by atoms with Crippen molar-refractivity contribution in [1.29, 1.82) is 0 Å². The van der Waals surface area contributed by atoms with E-state index in [0.717, 1.165) is 25.0 Å². The smallest absolute Gasteiger partial charge is 0.404 e. The molecule has 0 unspecified atom stereocenters. The first kappa shape index (κ1) is 19.5. The molecule has 0 atom stereocenters. The Morgan fingerprint density at radius 3 is 2.46 bits per heavy atom. The Hall–Kier alpha value is -3.30. The number of amides is 1. The molecule has 0 radical (unpaired) electrons. The van der Waals surface area contributed by atoms with Crippen LogP contribution in [0.1, 0.15) is 23.2 Å². The number of alkyl halides is 3. The molecular formula is C18H16F3N3O4. The fourth-order valence-electron chi connectivity index (χ4n) is 3.01. The monoisotopic (exact) mass is 395 g/mol. The van der Waals surface area contributed by atoms with E-state index in [9.17, 15) is 28.1 Å². The highest BCUT2D eigenvalue weighted by atomic mass is 19.4. The number of nitrogens with one attached hydrogen (secondary N) is 1. The molecule has 1 heterocycles. The Bertz CT molecular complexity index is 896. The van der Waals surface area contributed by atoms with Gasteiger partial charge in [0, 0.05) is 24.7 Å². The van der Waals surface area contributed by atoms with E-state index in [1.54, 1.807) is 0 Å². The first-order chi connectivity index (χ1) is 13.2. The van der Waals surface area contributed by atoms with Crippen LogP contribution in [0.5, 0.6) is 5.75 Å². The second kappa shape index (κ2) is 7.75. The van der Waals surface area contributed by atoms with Crippen molar-refractivity contribution in [2.24, 2.45) is 0 Å². The average molecular weight is 395 g/mol. The number of carbonyl (C=O) groups excluding carboxylic acids is 1. The maximum absolute atomic E-state index is 12.5. The third-order valence-electron chi connectivity index (χ3n) is 4.24. The van der Waals surface area contributed by atoms with Crippen LogP contribution >= 0.6 is 0 Å². The summed E-state index contributed by atoms with van der Waals surface area (Å²) in [5.74, 6) is -1.36. The number of hydrogen-bond donors (Lipinski definition) is 1. The first-order valence-corrected chi connectivity index (χ1v) is 8.44. The molecule has 0 bridgehead atoms. The van der Waals surface area contributed by atoms with Gasteiger partial charge in [0.25, 0.3) is 11.6 Å². The summed E-state index contributed by atoms with van der Waals surface area (Å²) in [5.41, 5.74) is -0.0539. The minimum absolute atomic E-state index is 0.0449. The van der Waals surface area contributed by atoms with Gasteiger partial charge in [-0.3, -0.25) is 14.9 Å². The highest BCUT2D eigenvalue weighted by Crippen LogP contribution is 2.33. The number of nitro benzene ring substituents is 1. The van der Waals surface area contributed by atoms with Crippen molar-refractivity contribution >= 4 is 23.0 Å². The van der Waals surface area contributed by atoms with Crippen LogP contribution in [0.4, 0.5) is 30.2 Å². The molecule has 1 N–H and O–H groups in total. The van der Waals surface area contributed by atoms with E-state index in [1.807, 2.05) is 4.90 Å². The van der Waals surface area contributed by atoms with Gasteiger partial charge in [0.05, 0.1) is 10.6 Å². The molecule has 2 aromatic rings. The molecule has 1 aliphatic heterocycles. The molecule has 0 saturated carbocycles. The highest BCUT2D eigenvalue weighted by Gasteiger charge is 2.32. The zero-order valence-electron chi connectivity index (χ0n) is 14.5. The Kier molecular flexibility index (Phi) is 5.39. The van der Waals surface area contributed by atoms with Gasteiger partial charge >= 0.3 is 6.36 Å². The lowest BCUT2D eigenvalue weighted by Crippen LogP contribution is -2.20. The maximum atomic E-state index is 12.5. The first-order valence-electron chi connectivity index (χ1n) is 8.44. The Morgan fingerprint density at radius 1 is 1.14 bits per heavy atom. The number of ether oxygens (including phenoxy) is 1. The van der Waals surface area contributed by atoms with Gasteiger partial charge in [0.1, 0.15) is 5.69 Å². The summed E-state index contributed by atoms with van der Waals surface area (Å²) in [5, 5.41) is 13.7. The molecule has 148 valence electrons. The van der Waals surface area contributed by atoms with Gasteiger partial charge in [0.2, 0.25) is 0 Å². The lowest BCUT2D eigenvalue weighted by Gasteiger charge is -2.18. The van der Waals surface area contributed by atoms with Crippen LogP contribution in [-0.2, 0) is 0 Å². The topological polar surface area (TPSA) is 84.7 Å². The molecule has 0 aromatic heterocycles. The SMILES string of the molecule is O=C(Nc1ccccc1OC(F)(F)F)c1ccc(N2CCCC2)c([N+](=O)[O-])c1. The van der Waals surface area contributed by atoms with E-state index in [0.29, 0.717) is 18.8 Å². The summed E-state index contributed by atoms with van der Waals surface area (Å²) in [6.45, 7) is 1.38. The zero-order valence-corrected chi connectivity index (χ0v) is 14.5. The molecule has 1 aliphatic rings. The quantitative estimate of drug-likeness (QED) is 0.601. The molecule has 10 heteroatoms. The van der Waals surface area contributed by atoms with Crippen LogP contribution in [-0.4, -0.2) is 30.3 Å². The number of nitrogens with zero attached hydrogens (tertiary/aromatic N) is 2. The van der Waals surface area contributed by atoms with Crippen LogP contribution in [0.2, 0.25) is 0 Å². The van der Waals surface area contributed by atoms with Crippen molar-refractivity contribution in [2.75, 3.05) is 23.3 Å². The molecule has 7 nitrogen and oxygen atoms in total. The lowest BCUT2D eigenvalue weighted by atomic mass is 10.1. The molecular weight excluding hydrogens is 379 g/mol. The van der Waals surface area contributed by atoms with Gasteiger partial charge in [-0.15, -0.1) is 13.2 Å². The number of halogens is 3. The van der Waals surface area contributed by atoms with Gasteiger partial charge in [-0.05, 0) is 37.1 Å². The average Bonchev–Trinajstić information content (AvgIpc) is 3.16. The van der Waals surface area contributed by atoms with Crippen molar-refractivity contribution in [3.63, 3.8) is 0 Å². The van der Waals surface area contributed by atoms with E-state index in [-0.39, 0.29) is 16.9 Å². The Labute approximate surface area is 157 Å². The summed E-state index contributed by atoms with van der Waals surface area (Å²) in [4.78, 5) is 25.2. The number of benzene rings is 2. The normalized spacial score (nSPS) is 14.0. The van der Waals surface area contributed by atoms with Crippen LogP contribution < -0.4 is 15.0 Å². The molecule has 1 fully saturated rings. The van der Waals surface area contributed by atoms with Gasteiger partial charge in [0.15, 0.2) is 5.75 Å². The van der Waals surface area contributed by atoms with Crippen molar-refractivity contribution in [2.45, 2.75) is 19.2 Å². The summed E-state index contributed by atoms with van der Waals surface area (Å²) in [6.07, 6.45) is -3.07. The molecule has 0 spiro atoms. The zero-order chi connectivity index (χ0) is 20.3. The van der Waals surface area contributed by atoms with Gasteiger partial charge in [-0.1, -0.05) is 12.1 Å². The molecule has 1 amide bonds. The molecule has 3 rings (SSSR count). The minimum atomic E-state index is -4.92. The predicted molar refractivity (Wildman–Crippen MR) is 95.6 cm³/mol. The number of rotatable bonds is 5. The van der Waals surface area contributed by atoms with E-state index in [1.165, 1.54) is 30.3 Å². The van der Waals surface area contributed by atoms with Crippen molar-refractivity contribution in [3.05, 3.63) is 58.1 Å². The minimum Gasteiger partial charge on any atom is -0.404 e. The molecule has 2 aromatic carbocycles. The largest absolute Gasteiger partial charge is 0.573 e. The number of carbonyl (C=O) groups is 1. The number of para-hydroxylation sites is 2. The molecule has 0 aliphatic carbocycles. The van der Waals surface area contributed by atoms with Gasteiger partial charge < -0.3 is 15.0 Å². The van der Waals surface area contributed by atoms with Gasteiger partial charge in [-0.25, -0.2) is 0 Å². The van der Waals surface area contributed by atoms with E-state index in [2.05, 4.69) is 10.1 Å². The van der Waals surface area contributed by atoms with Crippen molar-refractivity contribution in [3.8, 4) is 5.75 Å². The number of nitro groups is 1. The fourth-order valence-corrected chi connectivity index (χ4v) is 3.01. The summed E-state index contributed by atoms with van der Waals surface area (Å²) < 4.78 is 41.4. The maximum Gasteiger partial charge on any atom is 0.573 e. The lowest BCUT2D eigenvalue weighted by molar-refractivity contribution is -0.384. The fraction of sp³-hybridized carbons (Fsp3) is 0.278. The number of anilines is 2. The molecule has 28 heavy (non-hydrogen) atoms. The summed E-state index contributed by atoms with van der Waals surface area (Å²) in [7, 11) is 0. The van der Waals surface area contributed by atoms with Crippen LogP contribution in [0.3, 0.4) is 0 Å². The third-order valence-corrected chi connectivity index (χ3v) is 4.24. The van der Waals surface area contributed by atoms with Crippen molar-refractivity contribution in [1.82, 2.24) is 0 Å². The van der Waals surface area contributed by atoms with E-state index >= 15 is 0 Å². The highest BCUT2D eigenvalue weighted by molar-refractivity contribution is 6.05. The third kappa shape index (κ3) is 4.51. The summed E-state index contributed by atoms with van der Waals surface area (Å²) >= 11 is 0. The predicted octanol–water partition coefficient (Wildman–Crippen LogP) is 4.35. The Balaban J connectivity index is 1.85. The van der Waals surface area contributed by atoms with Crippen LogP contribution in [0.15, 0.2) is 42.5 Å². The van der Waals surface area contributed by atoms with Gasteiger partial charge in [-0.2, -0.15) is 0 Å². The van der Waals surface area contributed by atoms with Crippen molar-refractivity contribution < 1.29 is 27.6 Å². The van der Waals surface area contributed by atoms with E-state index < -0.39 is 22.9 Å². The standard InChI is InChI=1S/C18H16F3N3O4/c19-18(20,21)28-16-6-2-1-5-13(16)22-17(25)12-7-8-14(15(11-12)24(26)27)23-9-3-4-10-23/h1-2,5-8,11H,3-4,9-10H2,(H,22,25).